The maximum absolute atomic E-state index is 14.0. The molecule has 308 valence electrons. The number of amides is 1. The molecule has 1 fully saturated rings. The average Bonchev–Trinajstić information content (AvgIpc) is 3.76. The van der Waals surface area contributed by atoms with Gasteiger partial charge >= 0.3 is 18.4 Å². The van der Waals surface area contributed by atoms with Crippen LogP contribution >= 0.6 is 83.8 Å². The lowest BCUT2D eigenvalue weighted by molar-refractivity contribution is -0.139. The topological polar surface area (TPSA) is 117 Å². The van der Waals surface area contributed by atoms with E-state index in [2.05, 4.69) is 75.0 Å². The van der Waals surface area contributed by atoms with Crippen molar-refractivity contribution in [2.45, 2.75) is 51.7 Å². The molecule has 1 saturated heterocycles. The number of nitrogens with one attached hydrogen (secondary N) is 2. The van der Waals surface area contributed by atoms with Crippen LogP contribution in [0.5, 0.6) is 0 Å². The number of fused-ring (bicyclic) bond motifs is 3. The number of anilines is 1. The van der Waals surface area contributed by atoms with Crippen molar-refractivity contribution in [3.05, 3.63) is 75.1 Å². The van der Waals surface area contributed by atoms with E-state index >= 15 is 0 Å². The Morgan fingerprint density at radius 1 is 0.842 bits per heavy atom. The lowest BCUT2D eigenvalue weighted by Gasteiger charge is -2.39. The van der Waals surface area contributed by atoms with Crippen molar-refractivity contribution in [3.8, 4) is 0 Å². The van der Waals surface area contributed by atoms with E-state index in [1.54, 1.807) is 44.7 Å². The first-order valence-corrected chi connectivity index (χ1v) is 19.5. The number of ether oxygens (including phenoxy) is 1. The number of halogens is 12. The van der Waals surface area contributed by atoms with E-state index in [1.807, 2.05) is 0 Å². The second kappa shape index (κ2) is 16.8. The molecule has 1 aliphatic rings. The first-order chi connectivity index (χ1) is 26.2. The number of carbonyl (C=O) groups excluding carboxylic acids is 1. The summed E-state index contributed by atoms with van der Waals surface area (Å²) in [6.07, 6.45) is -10.2. The standard InChI is InChI=1S/C18H20BrF4N3O3.C8H2BrF4NOS.C7H3BrClNOS/c1-9-8-25(16(27)29-17(2,3)4)5-6-26(9)15-24-13-12(18(21,22)23)11(20)7-10(19)14(13)28-15;9-2-1-3(10)4(8(11,12)13)5-6(2)15-7(16)14-5;8-4-1-3(9)2-5-6(4)11-7(12)10-5/h7,9H,5-6,8H2,1-4H3;1H,(H,14,16);1-2H,(H,10,12). The van der Waals surface area contributed by atoms with Gasteiger partial charge in [-0.05, 0) is 124 Å². The normalized spacial score (nSPS) is 15.1. The quantitative estimate of drug-likeness (QED) is 0.123. The largest absolute Gasteiger partial charge is 0.444 e. The molecule has 24 heteroatoms. The lowest BCUT2D eigenvalue weighted by Crippen LogP contribution is -2.54. The number of carbonyl (C=O) groups is 1. The van der Waals surface area contributed by atoms with Crippen molar-refractivity contribution in [2.75, 3.05) is 24.5 Å². The molecule has 4 heterocycles. The van der Waals surface area contributed by atoms with Gasteiger partial charge in [-0.15, -0.1) is 0 Å². The third-order valence-electron chi connectivity index (χ3n) is 7.70. The van der Waals surface area contributed by atoms with Crippen LogP contribution in [0.4, 0.5) is 45.9 Å². The number of alkyl halides is 6. The number of H-pyrrole nitrogens is 2. The summed E-state index contributed by atoms with van der Waals surface area (Å²) in [6, 6.07) is 4.56. The summed E-state index contributed by atoms with van der Waals surface area (Å²) in [6.45, 7) is 7.89. The van der Waals surface area contributed by atoms with Crippen LogP contribution in [-0.4, -0.2) is 57.2 Å². The van der Waals surface area contributed by atoms with Gasteiger partial charge in [0.15, 0.2) is 16.7 Å². The van der Waals surface area contributed by atoms with Crippen LogP contribution in [0.3, 0.4) is 0 Å². The number of aromatic nitrogens is 3. The Bertz CT molecular complexity index is 2600. The molecule has 7 rings (SSSR count). The molecule has 57 heavy (non-hydrogen) atoms. The predicted octanol–water partition coefficient (Wildman–Crippen LogP) is 13.5. The molecule has 1 unspecified atom stereocenters. The van der Waals surface area contributed by atoms with Crippen LogP contribution in [0.15, 0.2) is 50.9 Å². The van der Waals surface area contributed by atoms with Gasteiger partial charge in [0.1, 0.15) is 39.4 Å². The summed E-state index contributed by atoms with van der Waals surface area (Å²) >= 11 is 24.4. The van der Waals surface area contributed by atoms with Crippen LogP contribution in [0.1, 0.15) is 38.8 Å². The van der Waals surface area contributed by atoms with Crippen molar-refractivity contribution < 1.29 is 57.9 Å². The van der Waals surface area contributed by atoms with E-state index in [0.29, 0.717) is 27.6 Å². The third-order valence-corrected chi connectivity index (χ3v) is 10.1. The van der Waals surface area contributed by atoms with E-state index < -0.39 is 57.8 Å². The Morgan fingerprint density at radius 3 is 1.96 bits per heavy atom. The number of nitrogens with zero attached hydrogens (tertiary/aromatic N) is 3. The molecule has 1 aliphatic heterocycles. The van der Waals surface area contributed by atoms with Crippen molar-refractivity contribution in [1.82, 2.24) is 19.9 Å². The van der Waals surface area contributed by atoms with Crippen molar-refractivity contribution >= 4 is 129 Å². The third kappa shape index (κ3) is 10.3. The fourth-order valence-corrected chi connectivity index (χ4v) is 7.65. The van der Waals surface area contributed by atoms with Crippen molar-refractivity contribution in [2.24, 2.45) is 0 Å². The summed E-state index contributed by atoms with van der Waals surface area (Å²) in [5, 5.41) is 0.640. The number of oxazole rings is 3. The van der Waals surface area contributed by atoms with Gasteiger partial charge in [0, 0.05) is 30.7 Å². The van der Waals surface area contributed by atoms with Gasteiger partial charge in [0.05, 0.1) is 18.9 Å². The number of rotatable bonds is 1. The minimum Gasteiger partial charge on any atom is -0.444 e. The first kappa shape index (κ1) is 44.8. The maximum Gasteiger partial charge on any atom is 0.421 e. The zero-order chi connectivity index (χ0) is 42.5. The Hall–Kier alpha value is -3.25. The smallest absolute Gasteiger partial charge is 0.421 e. The zero-order valence-corrected chi connectivity index (χ0v) is 36.4. The predicted molar refractivity (Wildman–Crippen MR) is 209 cm³/mol. The van der Waals surface area contributed by atoms with E-state index in [4.69, 9.17) is 41.8 Å². The Kier molecular flexibility index (Phi) is 13.2. The van der Waals surface area contributed by atoms with Crippen LogP contribution < -0.4 is 4.90 Å². The molecule has 1 amide bonds. The van der Waals surface area contributed by atoms with Crippen molar-refractivity contribution in [3.63, 3.8) is 0 Å². The molecule has 3 aromatic heterocycles. The highest BCUT2D eigenvalue weighted by Gasteiger charge is 2.40. The first-order valence-electron chi connectivity index (χ1n) is 15.9. The zero-order valence-electron chi connectivity index (χ0n) is 29.2. The van der Waals surface area contributed by atoms with E-state index in [1.165, 1.54) is 4.90 Å². The molecule has 6 aromatic rings. The van der Waals surface area contributed by atoms with Gasteiger partial charge in [-0.25, -0.2) is 13.6 Å². The Labute approximate surface area is 356 Å². The second-order valence-corrected chi connectivity index (χ2v) is 16.8. The molecule has 0 spiro atoms. The summed E-state index contributed by atoms with van der Waals surface area (Å²) in [4.78, 5) is 24.5. The van der Waals surface area contributed by atoms with Crippen LogP contribution in [0.2, 0.25) is 5.02 Å². The molecular formula is C33H25Br3ClF8N5O5S2. The van der Waals surface area contributed by atoms with Crippen LogP contribution in [0, 0.1) is 21.3 Å². The highest BCUT2D eigenvalue weighted by Crippen LogP contribution is 2.42. The molecular weight excluding hydrogens is 1040 g/mol. The highest BCUT2D eigenvalue weighted by molar-refractivity contribution is 9.11. The number of hydrogen-bond acceptors (Lipinski definition) is 9. The van der Waals surface area contributed by atoms with Crippen LogP contribution in [0.25, 0.3) is 33.3 Å². The van der Waals surface area contributed by atoms with Crippen molar-refractivity contribution in [1.29, 1.82) is 0 Å². The average molecular weight is 1060 g/mol. The van der Waals surface area contributed by atoms with Crippen LogP contribution in [-0.2, 0) is 17.1 Å². The van der Waals surface area contributed by atoms with E-state index in [-0.39, 0.29) is 56.6 Å². The lowest BCUT2D eigenvalue weighted by atomic mass is 10.1. The van der Waals surface area contributed by atoms with E-state index in [9.17, 15) is 39.9 Å². The fraction of sp³-hybridized carbons (Fsp3) is 0.333. The molecule has 2 N–H and O–H groups in total. The van der Waals surface area contributed by atoms with Gasteiger partial charge in [0.25, 0.3) is 15.7 Å². The molecule has 0 aliphatic carbocycles. The maximum atomic E-state index is 14.0. The molecule has 0 radical (unpaired) electrons. The fourth-order valence-electron chi connectivity index (χ4n) is 5.43. The Morgan fingerprint density at radius 2 is 1.39 bits per heavy atom. The van der Waals surface area contributed by atoms with Gasteiger partial charge < -0.3 is 37.8 Å². The summed E-state index contributed by atoms with van der Waals surface area (Å²) in [5.74, 6) is -2.82. The van der Waals surface area contributed by atoms with Gasteiger partial charge in [-0.3, -0.25) is 0 Å². The number of piperazine rings is 1. The number of hydrogen-bond donors (Lipinski definition) is 2. The highest BCUT2D eigenvalue weighted by atomic mass is 79.9. The SMILES string of the molecule is CC1CN(C(=O)OC(C)(C)C)CCN1c1nc2c(C(F)(F)F)c(F)cc(Br)c2o1.Fc1cc(Br)c2oc(=S)[nH]c2c1C(F)(F)F.S=c1[nH]c2cc(Cl)cc(Br)c2o1. The molecule has 0 bridgehead atoms. The minimum atomic E-state index is -4.92. The van der Waals surface area contributed by atoms with E-state index in [0.717, 1.165) is 9.99 Å². The summed E-state index contributed by atoms with van der Waals surface area (Å²) in [5.41, 5.74) is -3.44. The summed E-state index contributed by atoms with van der Waals surface area (Å²) in [7, 11) is 0. The number of aromatic amines is 2. The second-order valence-electron chi connectivity index (χ2n) is 13.1. The molecule has 1 atom stereocenters. The minimum absolute atomic E-state index is 0.0387. The van der Waals surface area contributed by atoms with Gasteiger partial charge in [-0.2, -0.15) is 31.3 Å². The molecule has 0 saturated carbocycles. The molecule has 3 aromatic carbocycles. The monoisotopic (exact) mass is 1060 g/mol. The number of benzene rings is 3. The van der Waals surface area contributed by atoms with Gasteiger partial charge in [0.2, 0.25) is 0 Å². The molecule has 10 nitrogen and oxygen atoms in total. The summed E-state index contributed by atoms with van der Waals surface area (Å²) < 4.78 is 127. The van der Waals surface area contributed by atoms with Gasteiger partial charge in [-0.1, -0.05) is 11.6 Å². The Balaban J connectivity index is 0.000000184.